The Morgan fingerprint density at radius 3 is 2.83 bits per heavy atom. The van der Waals surface area contributed by atoms with E-state index < -0.39 is 6.09 Å². The average Bonchev–Trinajstić information content (AvgIpc) is 2.78. The highest BCUT2D eigenvalue weighted by Crippen LogP contribution is 2.25. The van der Waals surface area contributed by atoms with Gasteiger partial charge < -0.3 is 9.47 Å². The van der Waals surface area contributed by atoms with E-state index in [2.05, 4.69) is 0 Å². The lowest BCUT2D eigenvalue weighted by Gasteiger charge is -2.12. The average molecular weight is 249 g/mol. The van der Waals surface area contributed by atoms with E-state index >= 15 is 0 Å². The van der Waals surface area contributed by atoms with Crippen molar-refractivity contribution in [1.29, 1.82) is 0 Å². The van der Waals surface area contributed by atoms with Gasteiger partial charge in [-0.3, -0.25) is 9.69 Å². The topological polar surface area (TPSA) is 55.8 Å². The van der Waals surface area contributed by atoms with Crippen molar-refractivity contribution in [2.75, 3.05) is 13.3 Å². The summed E-state index contributed by atoms with van der Waals surface area (Å²) in [6, 6.07) is 9.49. The van der Waals surface area contributed by atoms with E-state index in [1.54, 1.807) is 6.92 Å². The quantitative estimate of drug-likeness (QED) is 0.767. The van der Waals surface area contributed by atoms with Gasteiger partial charge in [0, 0.05) is 6.42 Å². The lowest BCUT2D eigenvalue weighted by molar-refractivity contribution is -0.146. The Hall–Kier alpha value is -2.04. The van der Waals surface area contributed by atoms with Gasteiger partial charge in [-0.1, -0.05) is 37.3 Å². The molecule has 0 spiro atoms. The summed E-state index contributed by atoms with van der Waals surface area (Å²) in [5, 5.41) is 0. The molecule has 1 heterocycles. The van der Waals surface area contributed by atoms with Gasteiger partial charge in [-0.2, -0.15) is 0 Å². The third kappa shape index (κ3) is 2.80. The second-order valence-corrected chi connectivity index (χ2v) is 4.00. The summed E-state index contributed by atoms with van der Waals surface area (Å²) in [6.07, 6.45) is -0.447. The molecule has 1 fully saturated rings. The van der Waals surface area contributed by atoms with E-state index in [1.165, 1.54) is 4.90 Å². The van der Waals surface area contributed by atoms with Crippen molar-refractivity contribution in [3.8, 4) is 0 Å². The van der Waals surface area contributed by atoms with Crippen LogP contribution in [-0.4, -0.2) is 30.2 Å². The highest BCUT2D eigenvalue weighted by molar-refractivity contribution is 5.71. The predicted molar refractivity (Wildman–Crippen MR) is 63.6 cm³/mol. The summed E-state index contributed by atoms with van der Waals surface area (Å²) >= 11 is 0. The van der Waals surface area contributed by atoms with Crippen molar-refractivity contribution in [3.63, 3.8) is 0 Å². The largest absolute Gasteiger partial charge is 0.444 e. The molecule has 1 aliphatic rings. The highest BCUT2D eigenvalue weighted by Gasteiger charge is 2.32. The second kappa shape index (κ2) is 5.53. The van der Waals surface area contributed by atoms with Gasteiger partial charge >= 0.3 is 12.1 Å². The maximum Gasteiger partial charge on any atom is 0.413 e. The number of rotatable bonds is 4. The SMILES string of the molecule is CCC(=O)OCN1C[C@@H](c2ccccc2)OC1=O. The van der Waals surface area contributed by atoms with Gasteiger partial charge in [0.2, 0.25) is 0 Å². The number of carbonyl (C=O) groups is 2. The zero-order chi connectivity index (χ0) is 13.0. The molecule has 1 aromatic rings. The molecule has 0 bridgehead atoms. The Bertz CT molecular complexity index is 432. The van der Waals surface area contributed by atoms with Crippen LogP contribution in [0, 0.1) is 0 Å². The standard InChI is InChI=1S/C13H15NO4/c1-2-12(15)17-9-14-8-11(18-13(14)16)10-6-4-3-5-7-10/h3-7,11H,2,8-9H2,1H3/t11-/m0/s1. The molecule has 0 radical (unpaired) electrons. The van der Waals surface area contributed by atoms with Crippen molar-refractivity contribution in [2.45, 2.75) is 19.4 Å². The number of benzene rings is 1. The van der Waals surface area contributed by atoms with Crippen molar-refractivity contribution >= 4 is 12.1 Å². The number of esters is 1. The van der Waals surface area contributed by atoms with Crippen molar-refractivity contribution in [1.82, 2.24) is 4.90 Å². The molecule has 0 saturated carbocycles. The Balaban J connectivity index is 1.93. The first kappa shape index (κ1) is 12.4. The highest BCUT2D eigenvalue weighted by atomic mass is 16.6. The van der Waals surface area contributed by atoms with E-state index in [1.807, 2.05) is 30.3 Å². The molecule has 1 aliphatic heterocycles. The Morgan fingerprint density at radius 2 is 2.17 bits per heavy atom. The van der Waals surface area contributed by atoms with Gasteiger partial charge in [0.1, 0.15) is 6.10 Å². The maximum absolute atomic E-state index is 11.6. The van der Waals surface area contributed by atoms with Crippen LogP contribution in [-0.2, 0) is 14.3 Å². The van der Waals surface area contributed by atoms with Crippen LogP contribution in [0.5, 0.6) is 0 Å². The first-order valence-electron chi connectivity index (χ1n) is 5.87. The Morgan fingerprint density at radius 1 is 1.44 bits per heavy atom. The molecule has 0 unspecified atom stereocenters. The molecular weight excluding hydrogens is 234 g/mol. The van der Waals surface area contributed by atoms with E-state index in [9.17, 15) is 9.59 Å². The van der Waals surface area contributed by atoms with Crippen LogP contribution < -0.4 is 0 Å². The molecule has 18 heavy (non-hydrogen) atoms. The predicted octanol–water partition coefficient (Wildman–Crippen LogP) is 2.09. The van der Waals surface area contributed by atoms with E-state index in [-0.39, 0.29) is 18.8 Å². The van der Waals surface area contributed by atoms with Crippen LogP contribution in [0.4, 0.5) is 4.79 Å². The van der Waals surface area contributed by atoms with Crippen LogP contribution in [0.3, 0.4) is 0 Å². The number of nitrogens with zero attached hydrogens (tertiary/aromatic N) is 1. The third-order valence-electron chi connectivity index (χ3n) is 2.73. The molecule has 1 amide bonds. The molecule has 5 heteroatoms. The minimum atomic E-state index is -0.451. The minimum absolute atomic E-state index is 0.0468. The van der Waals surface area contributed by atoms with Gasteiger partial charge in [-0.15, -0.1) is 0 Å². The molecule has 5 nitrogen and oxygen atoms in total. The normalized spacial score (nSPS) is 18.6. The number of hydrogen-bond donors (Lipinski definition) is 0. The van der Waals surface area contributed by atoms with Gasteiger partial charge in [0.15, 0.2) is 6.73 Å². The summed E-state index contributed by atoms with van der Waals surface area (Å²) in [5.41, 5.74) is 0.940. The van der Waals surface area contributed by atoms with Crippen molar-refractivity contribution in [3.05, 3.63) is 35.9 Å². The molecular formula is C13H15NO4. The first-order chi connectivity index (χ1) is 8.70. The van der Waals surface area contributed by atoms with Crippen LogP contribution in [0.25, 0.3) is 0 Å². The van der Waals surface area contributed by atoms with Crippen LogP contribution in [0.2, 0.25) is 0 Å². The van der Waals surface area contributed by atoms with Gasteiger partial charge in [-0.25, -0.2) is 4.79 Å². The van der Waals surface area contributed by atoms with Crippen molar-refractivity contribution in [2.24, 2.45) is 0 Å². The summed E-state index contributed by atoms with van der Waals surface area (Å²) in [5.74, 6) is -0.328. The Labute approximate surface area is 105 Å². The van der Waals surface area contributed by atoms with Gasteiger partial charge in [-0.05, 0) is 5.56 Å². The molecule has 2 rings (SSSR count). The summed E-state index contributed by atoms with van der Waals surface area (Å²) in [4.78, 5) is 24.0. The number of cyclic esters (lactones) is 1. The van der Waals surface area contributed by atoms with Crippen LogP contribution in [0.1, 0.15) is 25.0 Å². The number of amides is 1. The van der Waals surface area contributed by atoms with Crippen molar-refractivity contribution < 1.29 is 19.1 Å². The summed E-state index contributed by atoms with van der Waals surface area (Å²) < 4.78 is 10.1. The fourth-order valence-electron chi connectivity index (χ4n) is 1.71. The smallest absolute Gasteiger partial charge is 0.413 e. The van der Waals surface area contributed by atoms with Gasteiger partial charge in [0.05, 0.1) is 6.54 Å². The summed E-state index contributed by atoms with van der Waals surface area (Å²) in [7, 11) is 0. The Kier molecular flexibility index (Phi) is 3.82. The summed E-state index contributed by atoms with van der Waals surface area (Å²) in [6.45, 7) is 2.06. The lowest BCUT2D eigenvalue weighted by atomic mass is 10.1. The van der Waals surface area contributed by atoms with E-state index in [0.29, 0.717) is 13.0 Å². The minimum Gasteiger partial charge on any atom is -0.444 e. The molecule has 0 aliphatic carbocycles. The number of carbonyl (C=O) groups excluding carboxylic acids is 2. The molecule has 0 N–H and O–H groups in total. The monoisotopic (exact) mass is 249 g/mol. The molecule has 0 aromatic heterocycles. The first-order valence-corrected chi connectivity index (χ1v) is 5.87. The van der Waals surface area contributed by atoms with Crippen LogP contribution >= 0.6 is 0 Å². The van der Waals surface area contributed by atoms with Gasteiger partial charge in [0.25, 0.3) is 0 Å². The molecule has 1 atom stereocenters. The van der Waals surface area contributed by atoms with Crippen LogP contribution in [0.15, 0.2) is 30.3 Å². The molecule has 1 saturated heterocycles. The fraction of sp³-hybridized carbons (Fsp3) is 0.385. The molecule has 1 aromatic carbocycles. The van der Waals surface area contributed by atoms with E-state index in [0.717, 1.165) is 5.56 Å². The number of hydrogen-bond acceptors (Lipinski definition) is 4. The maximum atomic E-state index is 11.6. The molecule has 96 valence electrons. The van der Waals surface area contributed by atoms with E-state index in [4.69, 9.17) is 9.47 Å². The fourth-order valence-corrected chi connectivity index (χ4v) is 1.71. The third-order valence-corrected chi connectivity index (χ3v) is 2.73. The zero-order valence-corrected chi connectivity index (χ0v) is 10.2. The lowest BCUT2D eigenvalue weighted by Crippen LogP contribution is -2.28. The second-order valence-electron chi connectivity index (χ2n) is 4.00. The number of ether oxygens (including phenoxy) is 2. The zero-order valence-electron chi connectivity index (χ0n) is 10.2.